The monoisotopic (exact) mass is 262 g/mol. The zero-order valence-electron chi connectivity index (χ0n) is 12.7. The number of anilines is 2. The molecule has 106 valence electrons. The smallest absolute Gasteiger partial charge is 0.137 e. The summed E-state index contributed by atoms with van der Waals surface area (Å²) >= 11 is 0. The van der Waals surface area contributed by atoms with Crippen LogP contribution in [0.1, 0.15) is 50.4 Å². The van der Waals surface area contributed by atoms with E-state index in [1.54, 1.807) is 0 Å². The van der Waals surface area contributed by atoms with Crippen LogP contribution in [0.15, 0.2) is 0 Å². The van der Waals surface area contributed by atoms with Crippen molar-refractivity contribution >= 4 is 11.6 Å². The summed E-state index contributed by atoms with van der Waals surface area (Å²) in [5, 5.41) is 3.41. The number of aromatic nitrogens is 2. The molecule has 0 aliphatic heterocycles. The number of nitrogens with zero attached hydrogens (tertiary/aromatic N) is 3. The second-order valence-electron chi connectivity index (χ2n) is 5.54. The van der Waals surface area contributed by atoms with Crippen molar-refractivity contribution < 1.29 is 0 Å². The van der Waals surface area contributed by atoms with E-state index in [0.717, 1.165) is 30.4 Å². The number of rotatable bonds is 5. The highest BCUT2D eigenvalue weighted by Gasteiger charge is 2.23. The van der Waals surface area contributed by atoms with Gasteiger partial charge in [0.1, 0.15) is 17.5 Å². The summed E-state index contributed by atoms with van der Waals surface area (Å²) in [6.45, 7) is 7.23. The third-order valence-electron chi connectivity index (χ3n) is 3.98. The van der Waals surface area contributed by atoms with Gasteiger partial charge in [-0.2, -0.15) is 0 Å². The van der Waals surface area contributed by atoms with Crippen molar-refractivity contribution in [3.05, 3.63) is 11.4 Å². The molecule has 1 fully saturated rings. The van der Waals surface area contributed by atoms with E-state index in [4.69, 9.17) is 0 Å². The summed E-state index contributed by atoms with van der Waals surface area (Å²) in [5.74, 6) is 2.94. The molecule has 0 saturated heterocycles. The van der Waals surface area contributed by atoms with E-state index in [2.05, 4.69) is 41.1 Å². The molecule has 1 aliphatic rings. The molecule has 0 amide bonds. The van der Waals surface area contributed by atoms with Crippen LogP contribution in [0.4, 0.5) is 11.6 Å². The van der Waals surface area contributed by atoms with Crippen LogP contribution in [0.3, 0.4) is 0 Å². The first-order valence-electron chi connectivity index (χ1n) is 7.45. The Hall–Kier alpha value is -1.32. The van der Waals surface area contributed by atoms with Gasteiger partial charge in [-0.05, 0) is 33.1 Å². The molecular formula is C15H26N4. The third-order valence-corrected chi connectivity index (χ3v) is 3.98. The molecule has 1 aliphatic carbocycles. The quantitative estimate of drug-likeness (QED) is 0.884. The van der Waals surface area contributed by atoms with E-state index in [0.29, 0.717) is 6.04 Å². The Morgan fingerprint density at radius 3 is 2.53 bits per heavy atom. The fourth-order valence-corrected chi connectivity index (χ4v) is 2.84. The second-order valence-corrected chi connectivity index (χ2v) is 5.54. The van der Waals surface area contributed by atoms with Crippen LogP contribution in [-0.2, 0) is 0 Å². The normalized spacial score (nSPS) is 15.8. The van der Waals surface area contributed by atoms with Crippen molar-refractivity contribution in [2.45, 2.75) is 58.9 Å². The molecule has 0 atom stereocenters. The Bertz CT molecular complexity index is 424. The Kier molecular flexibility index (Phi) is 4.61. The fourth-order valence-electron chi connectivity index (χ4n) is 2.84. The van der Waals surface area contributed by atoms with Gasteiger partial charge in [0.05, 0.1) is 0 Å². The van der Waals surface area contributed by atoms with Crippen molar-refractivity contribution in [1.29, 1.82) is 0 Å². The van der Waals surface area contributed by atoms with E-state index >= 15 is 0 Å². The summed E-state index contributed by atoms with van der Waals surface area (Å²) in [6, 6.07) is 0.645. The van der Waals surface area contributed by atoms with Gasteiger partial charge < -0.3 is 10.2 Å². The highest BCUT2D eigenvalue weighted by molar-refractivity contribution is 5.58. The SMILES string of the molecule is CCCNc1nc(C)nc(N(C)C2CCCC2)c1C. The first-order valence-corrected chi connectivity index (χ1v) is 7.45. The number of aryl methyl sites for hydroxylation is 1. The standard InChI is InChI=1S/C15H26N4/c1-5-10-16-14-11(2)15(18-12(3)17-14)19(4)13-8-6-7-9-13/h13H,5-10H2,1-4H3,(H,16,17,18). The minimum atomic E-state index is 0.645. The molecule has 0 unspecified atom stereocenters. The highest BCUT2D eigenvalue weighted by Crippen LogP contribution is 2.29. The van der Waals surface area contributed by atoms with Gasteiger partial charge in [0.2, 0.25) is 0 Å². The lowest BCUT2D eigenvalue weighted by molar-refractivity contribution is 0.643. The average Bonchev–Trinajstić information content (AvgIpc) is 2.92. The molecule has 0 aromatic carbocycles. The van der Waals surface area contributed by atoms with E-state index in [1.165, 1.54) is 31.2 Å². The third kappa shape index (κ3) is 3.17. The van der Waals surface area contributed by atoms with Gasteiger partial charge in [-0.25, -0.2) is 9.97 Å². The minimum Gasteiger partial charge on any atom is -0.370 e. The lowest BCUT2D eigenvalue weighted by Crippen LogP contribution is -2.31. The summed E-state index contributed by atoms with van der Waals surface area (Å²) < 4.78 is 0. The Morgan fingerprint density at radius 1 is 1.21 bits per heavy atom. The maximum absolute atomic E-state index is 4.66. The Morgan fingerprint density at radius 2 is 1.89 bits per heavy atom. The zero-order chi connectivity index (χ0) is 13.8. The maximum atomic E-state index is 4.66. The first kappa shape index (κ1) is 14.1. The van der Waals surface area contributed by atoms with Crippen molar-refractivity contribution in [2.24, 2.45) is 0 Å². The largest absolute Gasteiger partial charge is 0.370 e. The van der Waals surface area contributed by atoms with E-state index in [1.807, 2.05) is 6.92 Å². The van der Waals surface area contributed by atoms with Crippen molar-refractivity contribution in [3.63, 3.8) is 0 Å². The molecule has 4 nitrogen and oxygen atoms in total. The van der Waals surface area contributed by atoms with Gasteiger partial charge in [0.25, 0.3) is 0 Å². The van der Waals surface area contributed by atoms with Crippen LogP contribution in [0.5, 0.6) is 0 Å². The fraction of sp³-hybridized carbons (Fsp3) is 0.733. The Labute approximate surface area is 116 Å². The lowest BCUT2D eigenvalue weighted by Gasteiger charge is -2.27. The molecule has 19 heavy (non-hydrogen) atoms. The zero-order valence-corrected chi connectivity index (χ0v) is 12.7. The predicted octanol–water partition coefficient (Wildman–Crippen LogP) is 3.29. The molecule has 0 radical (unpaired) electrons. The summed E-state index contributed by atoms with van der Waals surface area (Å²) in [7, 11) is 2.17. The molecule has 1 N–H and O–H groups in total. The molecule has 0 bridgehead atoms. The van der Waals surface area contributed by atoms with Crippen LogP contribution in [0.25, 0.3) is 0 Å². The highest BCUT2D eigenvalue weighted by atomic mass is 15.2. The van der Waals surface area contributed by atoms with Gasteiger partial charge in [0.15, 0.2) is 0 Å². The molecule has 1 aromatic rings. The minimum absolute atomic E-state index is 0.645. The first-order chi connectivity index (χ1) is 9.13. The van der Waals surface area contributed by atoms with Crippen LogP contribution >= 0.6 is 0 Å². The lowest BCUT2D eigenvalue weighted by atomic mass is 10.2. The van der Waals surface area contributed by atoms with Gasteiger partial charge in [-0.1, -0.05) is 19.8 Å². The molecule has 1 saturated carbocycles. The van der Waals surface area contributed by atoms with Crippen LogP contribution < -0.4 is 10.2 Å². The Balaban J connectivity index is 2.25. The van der Waals surface area contributed by atoms with Gasteiger partial charge in [-0.3, -0.25) is 0 Å². The number of nitrogens with one attached hydrogen (secondary N) is 1. The predicted molar refractivity (Wildman–Crippen MR) is 80.9 cm³/mol. The van der Waals surface area contributed by atoms with Crippen molar-refractivity contribution in [1.82, 2.24) is 9.97 Å². The van der Waals surface area contributed by atoms with Gasteiger partial charge >= 0.3 is 0 Å². The maximum Gasteiger partial charge on any atom is 0.137 e. The van der Waals surface area contributed by atoms with E-state index in [-0.39, 0.29) is 0 Å². The van der Waals surface area contributed by atoms with Gasteiger partial charge in [0, 0.05) is 25.2 Å². The number of hydrogen-bond donors (Lipinski definition) is 1. The van der Waals surface area contributed by atoms with Gasteiger partial charge in [-0.15, -0.1) is 0 Å². The molecule has 1 heterocycles. The molecule has 4 heteroatoms. The summed E-state index contributed by atoms with van der Waals surface area (Å²) in [6.07, 6.45) is 6.38. The van der Waals surface area contributed by atoms with Crippen LogP contribution in [-0.4, -0.2) is 29.6 Å². The van der Waals surface area contributed by atoms with Crippen molar-refractivity contribution in [2.75, 3.05) is 23.8 Å². The van der Waals surface area contributed by atoms with E-state index in [9.17, 15) is 0 Å². The van der Waals surface area contributed by atoms with E-state index < -0.39 is 0 Å². The van der Waals surface area contributed by atoms with Crippen LogP contribution in [0, 0.1) is 13.8 Å². The topological polar surface area (TPSA) is 41.1 Å². The molecule has 1 aromatic heterocycles. The summed E-state index contributed by atoms with van der Waals surface area (Å²) in [4.78, 5) is 11.5. The van der Waals surface area contributed by atoms with Crippen LogP contribution in [0.2, 0.25) is 0 Å². The molecular weight excluding hydrogens is 236 g/mol. The van der Waals surface area contributed by atoms with Crippen molar-refractivity contribution in [3.8, 4) is 0 Å². The molecule has 2 rings (SSSR count). The second kappa shape index (κ2) is 6.22. The summed E-state index contributed by atoms with van der Waals surface area (Å²) in [5.41, 5.74) is 1.17. The molecule has 0 spiro atoms. The number of hydrogen-bond acceptors (Lipinski definition) is 4. The average molecular weight is 262 g/mol.